The van der Waals surface area contributed by atoms with Crippen LogP contribution in [0.1, 0.15) is 32.8 Å². The minimum absolute atomic E-state index is 0.0527. The van der Waals surface area contributed by atoms with Crippen molar-refractivity contribution in [3.63, 3.8) is 0 Å². The van der Waals surface area contributed by atoms with Crippen LogP contribution in [-0.4, -0.2) is 47.3 Å². The molecule has 0 aromatic heterocycles. The van der Waals surface area contributed by atoms with Crippen molar-refractivity contribution >= 4 is 35.0 Å². The molecule has 1 saturated heterocycles. The van der Waals surface area contributed by atoms with Gasteiger partial charge in [0, 0.05) is 13.5 Å². The summed E-state index contributed by atoms with van der Waals surface area (Å²) in [5.41, 5.74) is -1.20. The van der Waals surface area contributed by atoms with E-state index in [2.05, 4.69) is 0 Å². The Morgan fingerprint density at radius 3 is 2.39 bits per heavy atom. The van der Waals surface area contributed by atoms with Crippen molar-refractivity contribution in [1.29, 1.82) is 0 Å². The molecule has 0 bridgehead atoms. The van der Waals surface area contributed by atoms with Gasteiger partial charge in [-0.15, -0.1) is 0 Å². The average molecular weight is 431 g/mol. The number of carbonyl (C=O) groups excluding carboxylic acids is 2. The number of benzene rings is 1. The summed E-state index contributed by atoms with van der Waals surface area (Å²) in [6.45, 7) is 5.42. The van der Waals surface area contributed by atoms with Gasteiger partial charge in [-0.25, -0.2) is 0 Å². The Morgan fingerprint density at radius 2 is 1.89 bits per heavy atom. The molecule has 1 heterocycles. The van der Waals surface area contributed by atoms with E-state index in [0.29, 0.717) is 0 Å². The van der Waals surface area contributed by atoms with Crippen LogP contribution in [0.3, 0.4) is 0 Å². The van der Waals surface area contributed by atoms with Crippen molar-refractivity contribution in [2.75, 3.05) is 7.11 Å². The van der Waals surface area contributed by atoms with Crippen LogP contribution in [-0.2, 0) is 35.1 Å². The SMILES string of the molecule is CO[C@@H]1O[C@@]2(CC(=O)C2(Cl)Cl)C(OCc2ccccc2)[C@H]1OC(=O)C(C)(C)C. The van der Waals surface area contributed by atoms with Crippen molar-refractivity contribution in [3.8, 4) is 0 Å². The first kappa shape index (κ1) is 21.5. The average Bonchev–Trinajstić information content (AvgIpc) is 2.95. The van der Waals surface area contributed by atoms with Gasteiger partial charge in [-0.3, -0.25) is 9.59 Å². The lowest BCUT2D eigenvalue weighted by atomic mass is 9.73. The zero-order valence-corrected chi connectivity index (χ0v) is 17.8. The van der Waals surface area contributed by atoms with E-state index in [9.17, 15) is 9.59 Å². The third kappa shape index (κ3) is 3.57. The van der Waals surface area contributed by atoms with Gasteiger partial charge in [-0.05, 0) is 26.3 Å². The first-order valence-corrected chi connectivity index (χ1v) is 9.77. The first-order chi connectivity index (χ1) is 13.0. The lowest BCUT2D eigenvalue weighted by Gasteiger charge is -2.49. The summed E-state index contributed by atoms with van der Waals surface area (Å²) in [5, 5.41) is 0. The summed E-state index contributed by atoms with van der Waals surface area (Å²) < 4.78 is 21.3. The van der Waals surface area contributed by atoms with Crippen molar-refractivity contribution in [2.24, 2.45) is 5.41 Å². The summed E-state index contributed by atoms with van der Waals surface area (Å²) in [6.07, 6.45) is -2.82. The van der Waals surface area contributed by atoms with Crippen molar-refractivity contribution in [3.05, 3.63) is 35.9 Å². The maximum Gasteiger partial charge on any atom is 0.311 e. The number of alkyl halides is 2. The van der Waals surface area contributed by atoms with E-state index in [1.165, 1.54) is 7.11 Å². The van der Waals surface area contributed by atoms with Crippen LogP contribution in [0.5, 0.6) is 0 Å². The number of esters is 1. The lowest BCUT2D eigenvalue weighted by molar-refractivity contribution is -0.209. The first-order valence-electron chi connectivity index (χ1n) is 9.01. The molecule has 6 nitrogen and oxygen atoms in total. The van der Waals surface area contributed by atoms with Gasteiger partial charge in [-0.1, -0.05) is 53.5 Å². The van der Waals surface area contributed by atoms with Crippen LogP contribution >= 0.6 is 23.2 Å². The van der Waals surface area contributed by atoms with Crippen LogP contribution in [0.15, 0.2) is 30.3 Å². The molecule has 2 fully saturated rings. The minimum atomic E-state index is -1.81. The van der Waals surface area contributed by atoms with E-state index in [-0.39, 0.29) is 18.8 Å². The van der Waals surface area contributed by atoms with Gasteiger partial charge in [0.05, 0.1) is 12.0 Å². The molecule has 1 saturated carbocycles. The number of hydrogen-bond acceptors (Lipinski definition) is 6. The second kappa shape index (κ2) is 7.58. The highest BCUT2D eigenvalue weighted by atomic mass is 35.5. The smallest absolute Gasteiger partial charge is 0.311 e. The Labute approximate surface area is 174 Å². The molecule has 1 aromatic rings. The highest BCUT2D eigenvalue weighted by Gasteiger charge is 2.76. The van der Waals surface area contributed by atoms with E-state index in [0.717, 1.165) is 5.56 Å². The fourth-order valence-corrected chi connectivity index (χ4v) is 3.90. The van der Waals surface area contributed by atoms with Gasteiger partial charge in [0.25, 0.3) is 0 Å². The predicted octanol–water partition coefficient (Wildman–Crippen LogP) is 3.42. The Bertz CT molecular complexity index is 745. The molecule has 8 heteroatoms. The zero-order chi connectivity index (χ0) is 20.7. The van der Waals surface area contributed by atoms with Gasteiger partial charge in [0.15, 0.2) is 18.2 Å². The Kier molecular flexibility index (Phi) is 5.82. The molecule has 1 spiro atoms. The number of rotatable bonds is 5. The van der Waals surface area contributed by atoms with Crippen molar-refractivity contribution in [1.82, 2.24) is 0 Å². The van der Waals surface area contributed by atoms with Crippen LogP contribution in [0.2, 0.25) is 0 Å². The predicted molar refractivity (Wildman–Crippen MR) is 103 cm³/mol. The zero-order valence-electron chi connectivity index (χ0n) is 16.2. The van der Waals surface area contributed by atoms with Crippen LogP contribution < -0.4 is 0 Å². The monoisotopic (exact) mass is 430 g/mol. The normalized spacial score (nSPS) is 31.6. The molecule has 1 unspecified atom stereocenters. The molecule has 28 heavy (non-hydrogen) atoms. The summed E-state index contributed by atoms with van der Waals surface area (Å²) in [6, 6.07) is 9.45. The quantitative estimate of drug-likeness (QED) is 0.526. The van der Waals surface area contributed by atoms with Crippen LogP contribution in [0.4, 0.5) is 0 Å². The molecule has 4 atom stereocenters. The Hall–Kier alpha value is -1.18. The van der Waals surface area contributed by atoms with Gasteiger partial charge in [0.1, 0.15) is 11.7 Å². The summed E-state index contributed by atoms with van der Waals surface area (Å²) in [5.74, 6) is -0.823. The van der Waals surface area contributed by atoms with E-state index in [1.54, 1.807) is 20.8 Å². The molecule has 1 aromatic carbocycles. The molecule has 1 aliphatic heterocycles. The number of ether oxygens (including phenoxy) is 4. The fourth-order valence-electron chi connectivity index (χ4n) is 3.32. The number of methoxy groups -OCH3 is 1. The number of halogens is 2. The van der Waals surface area contributed by atoms with Gasteiger partial charge < -0.3 is 18.9 Å². The number of ketones is 1. The van der Waals surface area contributed by atoms with Crippen molar-refractivity contribution in [2.45, 2.75) is 62.2 Å². The summed E-state index contributed by atoms with van der Waals surface area (Å²) >= 11 is 12.6. The summed E-state index contributed by atoms with van der Waals surface area (Å²) in [7, 11) is 1.42. The highest BCUT2D eigenvalue weighted by molar-refractivity contribution is 6.61. The number of carbonyl (C=O) groups is 2. The molecule has 0 amide bonds. The number of Topliss-reactive ketones (excluding diaryl/α,β-unsaturated/α-hetero) is 1. The highest BCUT2D eigenvalue weighted by Crippen LogP contribution is 2.58. The Morgan fingerprint density at radius 1 is 1.25 bits per heavy atom. The topological polar surface area (TPSA) is 71.1 Å². The molecule has 0 radical (unpaired) electrons. The summed E-state index contributed by atoms with van der Waals surface area (Å²) in [4.78, 5) is 24.6. The second-order valence-corrected chi connectivity index (χ2v) is 9.45. The van der Waals surface area contributed by atoms with Crippen molar-refractivity contribution < 1.29 is 28.5 Å². The van der Waals surface area contributed by atoms with E-state index >= 15 is 0 Å². The maximum atomic E-state index is 12.5. The Balaban J connectivity index is 1.90. The van der Waals surface area contributed by atoms with Crippen LogP contribution in [0, 0.1) is 5.41 Å². The maximum absolute atomic E-state index is 12.5. The molecule has 2 aliphatic rings. The molecular formula is C20H24Cl2O6. The molecule has 3 rings (SSSR count). The van der Waals surface area contributed by atoms with E-state index < -0.39 is 39.8 Å². The van der Waals surface area contributed by atoms with Gasteiger partial charge in [0.2, 0.25) is 4.33 Å². The fraction of sp³-hybridized carbons (Fsp3) is 0.600. The molecular weight excluding hydrogens is 407 g/mol. The van der Waals surface area contributed by atoms with Crippen LogP contribution in [0.25, 0.3) is 0 Å². The van der Waals surface area contributed by atoms with E-state index in [1.807, 2.05) is 30.3 Å². The molecule has 1 aliphatic carbocycles. The van der Waals surface area contributed by atoms with Gasteiger partial charge >= 0.3 is 5.97 Å². The third-order valence-electron chi connectivity index (χ3n) is 5.02. The lowest BCUT2D eigenvalue weighted by Crippen LogP contribution is -2.69. The third-order valence-corrected chi connectivity index (χ3v) is 6.08. The molecule has 0 N–H and O–H groups in total. The largest absolute Gasteiger partial charge is 0.454 e. The van der Waals surface area contributed by atoms with Gasteiger partial charge in [-0.2, -0.15) is 0 Å². The number of hydrogen-bond donors (Lipinski definition) is 0. The standard InChI is InChI=1S/C20H24Cl2O6/c1-18(2,3)17(24)27-14-15(26-11-12-8-6-5-7-9-12)19(28-16(14)25-4)10-13(23)20(19,21)22/h5-9,14-16H,10-11H2,1-4H3/t14-,15?,16-,19+/m1/s1. The minimum Gasteiger partial charge on any atom is -0.454 e. The second-order valence-electron chi connectivity index (χ2n) is 8.12. The van der Waals surface area contributed by atoms with E-state index in [4.69, 9.17) is 42.1 Å². The molecule has 154 valence electrons.